The van der Waals surface area contributed by atoms with Crippen molar-refractivity contribution in [2.24, 2.45) is 5.92 Å². The third-order valence-corrected chi connectivity index (χ3v) is 3.96. The van der Waals surface area contributed by atoms with Gasteiger partial charge in [-0.25, -0.2) is 0 Å². The molecule has 1 fully saturated rings. The van der Waals surface area contributed by atoms with Crippen molar-refractivity contribution < 1.29 is 4.74 Å². The molecule has 0 bridgehead atoms. The molecule has 0 aromatic rings. The van der Waals surface area contributed by atoms with Gasteiger partial charge in [0, 0.05) is 24.1 Å². The largest absolute Gasteiger partial charge is 0.381 e. The van der Waals surface area contributed by atoms with E-state index in [4.69, 9.17) is 4.74 Å². The number of nitrogens with one attached hydrogen (secondary N) is 1. The van der Waals surface area contributed by atoms with Crippen molar-refractivity contribution >= 4 is 0 Å². The summed E-state index contributed by atoms with van der Waals surface area (Å²) in [5.74, 6) is 0.656. The van der Waals surface area contributed by atoms with Gasteiger partial charge in [0.2, 0.25) is 0 Å². The fourth-order valence-corrected chi connectivity index (χ4v) is 2.39. The van der Waals surface area contributed by atoms with Gasteiger partial charge in [0.05, 0.1) is 6.61 Å². The van der Waals surface area contributed by atoms with E-state index in [1.165, 1.54) is 12.8 Å². The predicted molar refractivity (Wildman–Crippen MR) is 68.8 cm³/mol. The molecule has 1 aliphatic rings. The van der Waals surface area contributed by atoms with Crippen LogP contribution in [0.2, 0.25) is 0 Å². The summed E-state index contributed by atoms with van der Waals surface area (Å²) >= 11 is 0. The maximum absolute atomic E-state index is 5.53. The van der Waals surface area contributed by atoms with Crippen LogP contribution in [0.25, 0.3) is 0 Å². The molecular formula is C13H28N2O. The molecule has 2 unspecified atom stereocenters. The van der Waals surface area contributed by atoms with Crippen LogP contribution < -0.4 is 5.32 Å². The van der Waals surface area contributed by atoms with Crippen LogP contribution >= 0.6 is 0 Å². The van der Waals surface area contributed by atoms with Gasteiger partial charge in [-0.2, -0.15) is 0 Å². The number of rotatable bonds is 6. The molecule has 1 heterocycles. The lowest BCUT2D eigenvalue weighted by Crippen LogP contribution is -2.58. The molecule has 1 N–H and O–H groups in total. The first-order chi connectivity index (χ1) is 7.50. The SMILES string of the molecule is CCCNC(C1CCOC1)C(C)(C)N(C)C. The first kappa shape index (κ1) is 13.9. The van der Waals surface area contributed by atoms with E-state index in [0.29, 0.717) is 12.0 Å². The highest BCUT2D eigenvalue weighted by molar-refractivity contribution is 4.96. The Hall–Kier alpha value is -0.120. The summed E-state index contributed by atoms with van der Waals surface area (Å²) in [6.07, 6.45) is 2.38. The van der Waals surface area contributed by atoms with Gasteiger partial charge in [-0.05, 0) is 47.3 Å². The zero-order valence-electron chi connectivity index (χ0n) is 11.5. The molecule has 3 nitrogen and oxygen atoms in total. The van der Waals surface area contributed by atoms with E-state index < -0.39 is 0 Å². The zero-order chi connectivity index (χ0) is 12.2. The van der Waals surface area contributed by atoms with Crippen molar-refractivity contribution in [3.8, 4) is 0 Å². The van der Waals surface area contributed by atoms with Crippen molar-refractivity contribution in [2.75, 3.05) is 33.9 Å². The van der Waals surface area contributed by atoms with E-state index in [0.717, 1.165) is 19.8 Å². The smallest absolute Gasteiger partial charge is 0.0510 e. The van der Waals surface area contributed by atoms with Gasteiger partial charge in [-0.3, -0.25) is 0 Å². The molecule has 0 aliphatic carbocycles. The predicted octanol–water partition coefficient (Wildman–Crippen LogP) is 1.73. The Labute approximate surface area is 101 Å². The number of hydrogen-bond acceptors (Lipinski definition) is 3. The molecular weight excluding hydrogens is 200 g/mol. The van der Waals surface area contributed by atoms with E-state index in [2.05, 4.69) is 45.1 Å². The molecule has 0 aromatic heterocycles. The lowest BCUT2D eigenvalue weighted by molar-refractivity contribution is 0.0913. The summed E-state index contributed by atoms with van der Waals surface area (Å²) in [6.45, 7) is 9.80. The average Bonchev–Trinajstić information content (AvgIpc) is 2.71. The second kappa shape index (κ2) is 5.99. The van der Waals surface area contributed by atoms with Crippen molar-refractivity contribution in [3.63, 3.8) is 0 Å². The third kappa shape index (κ3) is 3.19. The second-order valence-corrected chi connectivity index (χ2v) is 5.60. The molecule has 0 saturated carbocycles. The van der Waals surface area contributed by atoms with Gasteiger partial charge in [0.25, 0.3) is 0 Å². The Kier molecular flexibility index (Phi) is 5.22. The van der Waals surface area contributed by atoms with Gasteiger partial charge >= 0.3 is 0 Å². The van der Waals surface area contributed by atoms with Gasteiger partial charge < -0.3 is 15.0 Å². The van der Waals surface area contributed by atoms with Crippen molar-refractivity contribution in [3.05, 3.63) is 0 Å². The van der Waals surface area contributed by atoms with Crippen LogP contribution in [-0.2, 0) is 4.74 Å². The van der Waals surface area contributed by atoms with Crippen LogP contribution in [0, 0.1) is 5.92 Å². The van der Waals surface area contributed by atoms with Gasteiger partial charge in [0.15, 0.2) is 0 Å². The van der Waals surface area contributed by atoms with Crippen LogP contribution in [-0.4, -0.2) is 50.3 Å². The number of nitrogens with zero attached hydrogens (tertiary/aromatic N) is 1. The third-order valence-electron chi connectivity index (χ3n) is 3.96. The molecule has 0 aromatic carbocycles. The standard InChI is InChI=1S/C13H28N2O/c1-6-8-14-12(11-7-9-16-10-11)13(2,3)15(4)5/h11-12,14H,6-10H2,1-5H3. The van der Waals surface area contributed by atoms with E-state index >= 15 is 0 Å². The topological polar surface area (TPSA) is 24.5 Å². The number of hydrogen-bond donors (Lipinski definition) is 1. The van der Waals surface area contributed by atoms with E-state index in [1.54, 1.807) is 0 Å². The van der Waals surface area contributed by atoms with Gasteiger partial charge in [-0.1, -0.05) is 6.92 Å². The summed E-state index contributed by atoms with van der Waals surface area (Å²) in [5.41, 5.74) is 0.174. The Morgan fingerprint density at radius 2 is 2.12 bits per heavy atom. The molecule has 16 heavy (non-hydrogen) atoms. The lowest BCUT2D eigenvalue weighted by Gasteiger charge is -2.43. The van der Waals surface area contributed by atoms with Crippen LogP contribution in [0.1, 0.15) is 33.6 Å². The highest BCUT2D eigenvalue weighted by Gasteiger charge is 2.38. The van der Waals surface area contributed by atoms with Gasteiger partial charge in [-0.15, -0.1) is 0 Å². The minimum atomic E-state index is 0.174. The van der Waals surface area contributed by atoms with Crippen molar-refractivity contribution in [2.45, 2.75) is 45.2 Å². The Bertz CT molecular complexity index is 198. The summed E-state index contributed by atoms with van der Waals surface area (Å²) in [4.78, 5) is 2.32. The number of likely N-dealkylation sites (N-methyl/N-ethyl adjacent to an activating group) is 1. The van der Waals surface area contributed by atoms with Gasteiger partial charge in [0.1, 0.15) is 0 Å². The van der Waals surface area contributed by atoms with Crippen LogP contribution in [0.4, 0.5) is 0 Å². The second-order valence-electron chi connectivity index (χ2n) is 5.60. The summed E-state index contributed by atoms with van der Waals surface area (Å²) in [7, 11) is 4.33. The molecule has 3 heteroatoms. The molecule has 2 atom stereocenters. The molecule has 0 amide bonds. The summed E-state index contributed by atoms with van der Waals surface area (Å²) in [6, 6.07) is 0.518. The Morgan fingerprint density at radius 1 is 1.44 bits per heavy atom. The van der Waals surface area contributed by atoms with E-state index in [-0.39, 0.29) is 5.54 Å². The summed E-state index contributed by atoms with van der Waals surface area (Å²) in [5, 5.41) is 3.71. The molecule has 1 aliphatic heterocycles. The molecule has 1 rings (SSSR count). The Morgan fingerprint density at radius 3 is 2.56 bits per heavy atom. The molecule has 1 saturated heterocycles. The molecule has 0 spiro atoms. The highest BCUT2D eigenvalue weighted by atomic mass is 16.5. The first-order valence-electron chi connectivity index (χ1n) is 6.48. The fourth-order valence-electron chi connectivity index (χ4n) is 2.39. The maximum atomic E-state index is 5.53. The summed E-state index contributed by atoms with van der Waals surface area (Å²) < 4.78 is 5.53. The van der Waals surface area contributed by atoms with E-state index in [9.17, 15) is 0 Å². The monoisotopic (exact) mass is 228 g/mol. The van der Waals surface area contributed by atoms with E-state index in [1.807, 2.05) is 0 Å². The lowest BCUT2D eigenvalue weighted by atomic mass is 9.82. The Balaban J connectivity index is 2.68. The minimum Gasteiger partial charge on any atom is -0.381 e. The molecule has 96 valence electrons. The van der Waals surface area contributed by atoms with Crippen molar-refractivity contribution in [1.82, 2.24) is 10.2 Å². The fraction of sp³-hybridized carbons (Fsp3) is 1.00. The van der Waals surface area contributed by atoms with Crippen LogP contribution in [0.3, 0.4) is 0 Å². The highest BCUT2D eigenvalue weighted by Crippen LogP contribution is 2.27. The zero-order valence-corrected chi connectivity index (χ0v) is 11.5. The maximum Gasteiger partial charge on any atom is 0.0510 e. The van der Waals surface area contributed by atoms with Crippen LogP contribution in [0.15, 0.2) is 0 Å². The normalized spacial score (nSPS) is 24.0. The molecule has 0 radical (unpaired) electrons. The first-order valence-corrected chi connectivity index (χ1v) is 6.48. The average molecular weight is 228 g/mol. The quantitative estimate of drug-likeness (QED) is 0.749. The number of ether oxygens (including phenoxy) is 1. The van der Waals surface area contributed by atoms with Crippen LogP contribution in [0.5, 0.6) is 0 Å². The van der Waals surface area contributed by atoms with Crippen molar-refractivity contribution in [1.29, 1.82) is 0 Å². The minimum absolute atomic E-state index is 0.174.